The van der Waals surface area contributed by atoms with Crippen LogP contribution in [0.25, 0.3) is 0 Å². The minimum absolute atomic E-state index is 0.265. The van der Waals surface area contributed by atoms with Crippen molar-refractivity contribution in [3.05, 3.63) is 71.8 Å². The molecule has 0 radical (unpaired) electrons. The number of piperazine rings is 1. The van der Waals surface area contributed by atoms with Gasteiger partial charge in [-0.15, -0.1) is 0 Å². The normalized spacial score (nSPS) is 16.7. The van der Waals surface area contributed by atoms with Gasteiger partial charge in [0.05, 0.1) is 6.04 Å². The van der Waals surface area contributed by atoms with Crippen LogP contribution in [-0.4, -0.2) is 61.1 Å². The summed E-state index contributed by atoms with van der Waals surface area (Å²) in [6.07, 6.45) is 0.665. The molecule has 0 spiro atoms. The van der Waals surface area contributed by atoms with E-state index in [4.69, 9.17) is 10.5 Å². The fraction of sp³-hybridized carbons (Fsp3) is 0.480. The third kappa shape index (κ3) is 6.39. The molecule has 30 heavy (non-hydrogen) atoms. The van der Waals surface area contributed by atoms with Gasteiger partial charge >= 0.3 is 5.97 Å². The minimum Gasteiger partial charge on any atom is -0.463 e. The predicted octanol–water partition coefficient (Wildman–Crippen LogP) is 3.31. The maximum Gasteiger partial charge on any atom is 0.322 e. The molecular weight excluding hydrogens is 374 g/mol. The van der Waals surface area contributed by atoms with Gasteiger partial charge in [0, 0.05) is 32.7 Å². The fourth-order valence-corrected chi connectivity index (χ4v) is 4.12. The molecule has 0 bridgehead atoms. The van der Waals surface area contributed by atoms with Crippen LogP contribution < -0.4 is 5.73 Å². The third-order valence-corrected chi connectivity index (χ3v) is 5.68. The van der Waals surface area contributed by atoms with E-state index in [9.17, 15) is 4.79 Å². The molecule has 2 N–H and O–H groups in total. The lowest BCUT2D eigenvalue weighted by atomic mass is 9.96. The summed E-state index contributed by atoms with van der Waals surface area (Å²) in [5.41, 5.74) is 8.55. The van der Waals surface area contributed by atoms with E-state index in [0.717, 1.165) is 32.7 Å². The predicted molar refractivity (Wildman–Crippen MR) is 121 cm³/mol. The van der Waals surface area contributed by atoms with Crippen molar-refractivity contribution in [2.75, 3.05) is 39.3 Å². The van der Waals surface area contributed by atoms with E-state index in [1.54, 1.807) is 0 Å². The summed E-state index contributed by atoms with van der Waals surface area (Å²) < 4.78 is 5.40. The van der Waals surface area contributed by atoms with Crippen LogP contribution in [0.5, 0.6) is 0 Å². The number of hydrogen-bond donors (Lipinski definition) is 1. The Morgan fingerprint density at radius 2 is 1.47 bits per heavy atom. The molecule has 0 aliphatic carbocycles. The van der Waals surface area contributed by atoms with E-state index < -0.39 is 6.04 Å². The van der Waals surface area contributed by atoms with Gasteiger partial charge in [0.25, 0.3) is 0 Å². The number of esters is 1. The SMILES string of the molecule is CC(C)C[C@H](N)C(=O)OCCN1CCN(C(c2ccccc2)c2ccccc2)CC1. The maximum absolute atomic E-state index is 12.0. The molecule has 0 amide bonds. The summed E-state index contributed by atoms with van der Waals surface area (Å²) in [6, 6.07) is 21.2. The fourth-order valence-electron chi connectivity index (χ4n) is 4.12. The second-order valence-electron chi connectivity index (χ2n) is 8.51. The quantitative estimate of drug-likeness (QED) is 0.644. The van der Waals surface area contributed by atoms with E-state index in [1.165, 1.54) is 11.1 Å². The Kier molecular flexibility index (Phi) is 8.43. The summed E-state index contributed by atoms with van der Waals surface area (Å²) in [5, 5.41) is 0. The van der Waals surface area contributed by atoms with Crippen LogP contribution in [0.1, 0.15) is 37.4 Å². The number of nitrogens with two attached hydrogens (primary N) is 1. The van der Waals surface area contributed by atoms with Crippen LogP contribution in [0, 0.1) is 5.92 Å². The number of hydrogen-bond acceptors (Lipinski definition) is 5. The van der Waals surface area contributed by atoms with Crippen LogP contribution in [0.3, 0.4) is 0 Å². The highest BCUT2D eigenvalue weighted by atomic mass is 16.5. The molecule has 1 saturated heterocycles. The van der Waals surface area contributed by atoms with Crippen LogP contribution in [0.15, 0.2) is 60.7 Å². The molecule has 2 aromatic carbocycles. The number of benzene rings is 2. The number of ether oxygens (including phenoxy) is 1. The van der Waals surface area contributed by atoms with Gasteiger partial charge in [0.1, 0.15) is 12.6 Å². The molecule has 1 aliphatic heterocycles. The Morgan fingerprint density at radius 1 is 0.933 bits per heavy atom. The van der Waals surface area contributed by atoms with E-state index in [0.29, 0.717) is 18.9 Å². The zero-order chi connectivity index (χ0) is 21.3. The zero-order valence-corrected chi connectivity index (χ0v) is 18.2. The molecule has 1 fully saturated rings. The van der Waals surface area contributed by atoms with Crippen molar-refractivity contribution in [2.24, 2.45) is 11.7 Å². The molecule has 1 atom stereocenters. The van der Waals surface area contributed by atoms with Crippen molar-refractivity contribution in [3.8, 4) is 0 Å². The lowest BCUT2D eigenvalue weighted by molar-refractivity contribution is -0.146. The van der Waals surface area contributed by atoms with Crippen molar-refractivity contribution in [1.29, 1.82) is 0 Å². The van der Waals surface area contributed by atoms with Gasteiger partial charge in [-0.3, -0.25) is 14.6 Å². The summed E-state index contributed by atoms with van der Waals surface area (Å²) in [4.78, 5) is 16.9. The number of carbonyl (C=O) groups is 1. The molecule has 0 aromatic heterocycles. The van der Waals surface area contributed by atoms with Gasteiger partial charge in [0.15, 0.2) is 0 Å². The van der Waals surface area contributed by atoms with Crippen molar-refractivity contribution >= 4 is 5.97 Å². The molecule has 0 unspecified atom stereocenters. The molecule has 5 nitrogen and oxygen atoms in total. The second kappa shape index (κ2) is 11.3. The Bertz CT molecular complexity index is 719. The van der Waals surface area contributed by atoms with Gasteiger partial charge in [0.2, 0.25) is 0 Å². The molecular formula is C25H35N3O2. The Labute approximate surface area is 180 Å². The highest BCUT2D eigenvalue weighted by Crippen LogP contribution is 2.29. The second-order valence-corrected chi connectivity index (χ2v) is 8.51. The van der Waals surface area contributed by atoms with Gasteiger partial charge < -0.3 is 10.5 Å². The van der Waals surface area contributed by atoms with Crippen molar-refractivity contribution in [2.45, 2.75) is 32.4 Å². The first-order chi connectivity index (χ1) is 14.5. The monoisotopic (exact) mass is 409 g/mol. The van der Waals surface area contributed by atoms with E-state index in [1.807, 2.05) is 0 Å². The van der Waals surface area contributed by atoms with Crippen molar-refractivity contribution in [1.82, 2.24) is 9.80 Å². The van der Waals surface area contributed by atoms with Crippen LogP contribution in [-0.2, 0) is 9.53 Å². The molecule has 3 rings (SSSR count). The van der Waals surface area contributed by atoms with Crippen LogP contribution in [0.2, 0.25) is 0 Å². The highest BCUT2D eigenvalue weighted by Gasteiger charge is 2.26. The first-order valence-corrected chi connectivity index (χ1v) is 11.0. The van der Waals surface area contributed by atoms with Gasteiger partial charge in [-0.2, -0.15) is 0 Å². The van der Waals surface area contributed by atoms with Gasteiger partial charge in [-0.1, -0.05) is 74.5 Å². The molecule has 162 valence electrons. The van der Waals surface area contributed by atoms with Gasteiger partial charge in [-0.25, -0.2) is 0 Å². The average Bonchev–Trinajstić information content (AvgIpc) is 2.76. The summed E-state index contributed by atoms with van der Waals surface area (Å²) in [5.74, 6) is 0.110. The lowest BCUT2D eigenvalue weighted by Crippen LogP contribution is -2.48. The van der Waals surface area contributed by atoms with Crippen molar-refractivity contribution in [3.63, 3.8) is 0 Å². The average molecular weight is 410 g/mol. The number of nitrogens with zero attached hydrogens (tertiary/aromatic N) is 2. The first-order valence-electron chi connectivity index (χ1n) is 11.0. The van der Waals surface area contributed by atoms with E-state index >= 15 is 0 Å². The van der Waals surface area contributed by atoms with Crippen LogP contribution in [0.4, 0.5) is 0 Å². The zero-order valence-electron chi connectivity index (χ0n) is 18.2. The molecule has 2 aromatic rings. The van der Waals surface area contributed by atoms with E-state index in [2.05, 4.69) is 84.3 Å². The van der Waals surface area contributed by atoms with Gasteiger partial charge in [-0.05, 0) is 23.5 Å². The number of rotatable bonds is 9. The van der Waals surface area contributed by atoms with Crippen molar-refractivity contribution < 1.29 is 9.53 Å². The molecule has 1 heterocycles. The van der Waals surface area contributed by atoms with Crippen LogP contribution >= 0.6 is 0 Å². The Morgan fingerprint density at radius 3 is 1.97 bits per heavy atom. The van der Waals surface area contributed by atoms with E-state index in [-0.39, 0.29) is 12.0 Å². The first kappa shape index (κ1) is 22.5. The summed E-state index contributed by atoms with van der Waals surface area (Å²) in [7, 11) is 0. The minimum atomic E-state index is -0.514. The summed E-state index contributed by atoms with van der Waals surface area (Å²) in [6.45, 7) is 9.18. The standard InChI is InChI=1S/C25H35N3O2/c1-20(2)19-23(26)25(29)30-18-17-27-13-15-28(16-14-27)24(21-9-5-3-6-10-21)22-11-7-4-8-12-22/h3-12,20,23-24H,13-19,26H2,1-2H3/t23-/m0/s1. The maximum atomic E-state index is 12.0. The Hall–Kier alpha value is -2.21. The summed E-state index contributed by atoms with van der Waals surface area (Å²) >= 11 is 0. The molecule has 1 aliphatic rings. The molecule has 5 heteroatoms. The Balaban J connectivity index is 1.51. The highest BCUT2D eigenvalue weighted by molar-refractivity contribution is 5.75. The third-order valence-electron chi connectivity index (χ3n) is 5.68. The smallest absolute Gasteiger partial charge is 0.322 e. The molecule has 0 saturated carbocycles. The largest absolute Gasteiger partial charge is 0.463 e. The topological polar surface area (TPSA) is 58.8 Å². The number of carbonyl (C=O) groups excluding carboxylic acids is 1. The lowest BCUT2D eigenvalue weighted by Gasteiger charge is -2.39.